The van der Waals surface area contributed by atoms with Crippen molar-refractivity contribution in [2.24, 2.45) is 0 Å². The van der Waals surface area contributed by atoms with Crippen molar-refractivity contribution in [2.45, 2.75) is 63.6 Å². The number of carbonyl (C=O) groups excluding carboxylic acids is 2. The first-order chi connectivity index (χ1) is 15.6. The summed E-state index contributed by atoms with van der Waals surface area (Å²) >= 11 is 0. The molecule has 0 bridgehead atoms. The highest BCUT2D eigenvalue weighted by Gasteiger charge is 2.51. The van der Waals surface area contributed by atoms with Crippen LogP contribution in [-0.2, 0) is 4.74 Å². The molecule has 0 saturated heterocycles. The third kappa shape index (κ3) is 4.32. The molecule has 7 nitrogen and oxygen atoms in total. The minimum atomic E-state index is -0.772. The smallest absolute Gasteiger partial charge is 0.407 e. The topological polar surface area (TPSA) is 91.7 Å². The Morgan fingerprint density at radius 1 is 1.06 bits per heavy atom. The average Bonchev–Trinajstić information content (AvgIpc) is 2.78. The molecule has 2 aliphatic rings. The van der Waals surface area contributed by atoms with E-state index in [0.717, 1.165) is 5.69 Å². The molecule has 1 fully saturated rings. The first-order valence-corrected chi connectivity index (χ1v) is 11.3. The fourth-order valence-electron chi connectivity index (χ4n) is 4.85. The first-order valence-electron chi connectivity index (χ1n) is 11.3. The fraction of sp³-hybridized carbons (Fsp3) is 0.423. The molecule has 2 aromatic rings. The Bertz CT molecular complexity index is 1060. The van der Waals surface area contributed by atoms with E-state index in [9.17, 15) is 9.59 Å². The molecular weight excluding hydrogens is 418 g/mol. The maximum Gasteiger partial charge on any atom is 0.407 e. The molecule has 33 heavy (non-hydrogen) atoms. The van der Waals surface area contributed by atoms with Crippen molar-refractivity contribution < 1.29 is 19.1 Å². The van der Waals surface area contributed by atoms with Crippen LogP contribution >= 0.6 is 0 Å². The minimum absolute atomic E-state index is 0.0664. The highest BCUT2D eigenvalue weighted by atomic mass is 16.6. The highest BCUT2D eigenvalue weighted by molar-refractivity contribution is 6.25. The molecule has 1 saturated carbocycles. The van der Waals surface area contributed by atoms with Gasteiger partial charge in [-0.2, -0.15) is 0 Å². The van der Waals surface area contributed by atoms with Gasteiger partial charge < -0.3 is 20.2 Å². The molecule has 2 aromatic carbocycles. The number of nitrogens with one attached hydrogen (secondary N) is 2. The van der Waals surface area contributed by atoms with Gasteiger partial charge in [0.15, 0.2) is 0 Å². The number of ether oxygens (including phenoxy) is 2. The van der Waals surface area contributed by atoms with Crippen molar-refractivity contribution in [1.82, 2.24) is 5.32 Å². The maximum atomic E-state index is 13.7. The van der Waals surface area contributed by atoms with Gasteiger partial charge in [-0.3, -0.25) is 9.69 Å². The number of nitrogens with zero attached hydrogens (tertiary/aromatic N) is 1. The van der Waals surface area contributed by atoms with Gasteiger partial charge in [0, 0.05) is 22.9 Å². The van der Waals surface area contributed by atoms with Crippen molar-refractivity contribution in [3.63, 3.8) is 0 Å². The summed E-state index contributed by atoms with van der Waals surface area (Å²) in [5.74, 6) is 0.600. The normalized spacial score (nSPS) is 22.7. The van der Waals surface area contributed by atoms with Crippen molar-refractivity contribution in [3.8, 4) is 5.75 Å². The predicted octanol–water partition coefficient (Wildman–Crippen LogP) is 4.93. The van der Waals surface area contributed by atoms with E-state index in [-0.39, 0.29) is 11.9 Å². The van der Waals surface area contributed by atoms with Gasteiger partial charge >= 0.3 is 6.09 Å². The van der Waals surface area contributed by atoms with Crippen LogP contribution < -0.4 is 15.0 Å². The standard InChI is InChI=1S/C26H31N3O4/c1-25(2,3)33-24(31)28-17-13-15-26(16-14-17)22(27)20-7-5-6-8-21(20)23(30)29(26)18-9-11-19(32-4)12-10-18/h5-12,17,27H,13-16H2,1-4H3,(H,28,31). The van der Waals surface area contributed by atoms with Crippen LogP contribution in [0.15, 0.2) is 48.5 Å². The average molecular weight is 450 g/mol. The summed E-state index contributed by atoms with van der Waals surface area (Å²) in [6, 6.07) is 14.7. The summed E-state index contributed by atoms with van der Waals surface area (Å²) in [6.07, 6.45) is 1.99. The Balaban J connectivity index is 1.65. The van der Waals surface area contributed by atoms with Gasteiger partial charge in [0.1, 0.15) is 11.4 Å². The quantitative estimate of drug-likeness (QED) is 0.695. The van der Waals surface area contributed by atoms with Crippen LogP contribution in [0, 0.1) is 5.41 Å². The zero-order chi connectivity index (χ0) is 23.8. The SMILES string of the molecule is COc1ccc(N2C(=O)c3ccccc3C(=N)C23CCC(NC(=O)OC(C)(C)C)CC3)cc1. The second kappa shape index (κ2) is 8.54. The lowest BCUT2D eigenvalue weighted by Crippen LogP contribution is -2.63. The summed E-state index contributed by atoms with van der Waals surface area (Å²) in [5, 5.41) is 12.1. The molecule has 174 valence electrons. The van der Waals surface area contributed by atoms with Crippen LogP contribution in [0.1, 0.15) is 62.4 Å². The Hall–Kier alpha value is -3.35. The van der Waals surface area contributed by atoms with Gasteiger partial charge in [-0.1, -0.05) is 18.2 Å². The molecule has 1 spiro atoms. The van der Waals surface area contributed by atoms with E-state index in [1.54, 1.807) is 18.1 Å². The predicted molar refractivity (Wildman–Crippen MR) is 127 cm³/mol. The lowest BCUT2D eigenvalue weighted by Gasteiger charge is -2.51. The van der Waals surface area contributed by atoms with Gasteiger partial charge in [0.2, 0.25) is 0 Å². The van der Waals surface area contributed by atoms with Crippen LogP contribution in [0.5, 0.6) is 5.75 Å². The number of fused-ring (bicyclic) bond motifs is 1. The maximum absolute atomic E-state index is 13.7. The van der Waals surface area contributed by atoms with Crippen LogP contribution in [0.3, 0.4) is 0 Å². The molecule has 1 aliphatic carbocycles. The Morgan fingerprint density at radius 2 is 1.67 bits per heavy atom. The van der Waals surface area contributed by atoms with E-state index in [1.165, 1.54) is 0 Å². The van der Waals surface area contributed by atoms with E-state index < -0.39 is 17.2 Å². The number of methoxy groups -OCH3 is 1. The van der Waals surface area contributed by atoms with E-state index in [0.29, 0.717) is 48.3 Å². The molecule has 4 rings (SSSR count). The van der Waals surface area contributed by atoms with E-state index >= 15 is 0 Å². The van der Waals surface area contributed by atoms with Crippen LogP contribution in [0.2, 0.25) is 0 Å². The van der Waals surface area contributed by atoms with Crippen molar-refractivity contribution in [3.05, 3.63) is 59.7 Å². The summed E-state index contributed by atoms with van der Waals surface area (Å²) in [5.41, 5.74) is 1.07. The van der Waals surface area contributed by atoms with Gasteiger partial charge in [-0.25, -0.2) is 4.79 Å². The van der Waals surface area contributed by atoms with E-state index in [2.05, 4.69) is 5.32 Å². The lowest BCUT2D eigenvalue weighted by molar-refractivity contribution is 0.0486. The Kier molecular flexibility index (Phi) is 5.91. The van der Waals surface area contributed by atoms with Crippen LogP contribution in [0.25, 0.3) is 0 Å². The van der Waals surface area contributed by atoms with Gasteiger partial charge in [-0.05, 0) is 76.8 Å². The summed E-state index contributed by atoms with van der Waals surface area (Å²) < 4.78 is 10.7. The molecular formula is C26H31N3O4. The summed E-state index contributed by atoms with van der Waals surface area (Å²) in [6.45, 7) is 5.50. The van der Waals surface area contributed by atoms with Gasteiger partial charge in [-0.15, -0.1) is 0 Å². The van der Waals surface area contributed by atoms with E-state index in [1.807, 2.05) is 63.2 Å². The van der Waals surface area contributed by atoms with Crippen molar-refractivity contribution in [2.75, 3.05) is 12.0 Å². The van der Waals surface area contributed by atoms with Crippen LogP contribution in [0.4, 0.5) is 10.5 Å². The Morgan fingerprint density at radius 3 is 2.24 bits per heavy atom. The van der Waals surface area contributed by atoms with E-state index in [4.69, 9.17) is 14.9 Å². The molecule has 1 heterocycles. The number of rotatable bonds is 3. The molecule has 0 atom stereocenters. The molecule has 1 aliphatic heterocycles. The second-order valence-electron chi connectivity index (χ2n) is 9.71. The molecule has 2 N–H and O–H groups in total. The molecule has 0 radical (unpaired) electrons. The highest BCUT2D eigenvalue weighted by Crippen LogP contribution is 2.44. The number of amides is 2. The molecule has 0 aromatic heterocycles. The lowest BCUT2D eigenvalue weighted by atomic mass is 9.70. The fourth-order valence-corrected chi connectivity index (χ4v) is 4.85. The second-order valence-corrected chi connectivity index (χ2v) is 9.71. The first kappa shape index (κ1) is 22.8. The zero-order valence-corrected chi connectivity index (χ0v) is 19.6. The summed E-state index contributed by atoms with van der Waals surface area (Å²) in [4.78, 5) is 27.8. The molecule has 0 unspecified atom stereocenters. The largest absolute Gasteiger partial charge is 0.497 e. The van der Waals surface area contributed by atoms with Crippen LogP contribution in [-0.4, -0.2) is 42.0 Å². The van der Waals surface area contributed by atoms with Gasteiger partial charge in [0.25, 0.3) is 5.91 Å². The third-order valence-corrected chi connectivity index (χ3v) is 6.39. The third-order valence-electron chi connectivity index (χ3n) is 6.39. The number of hydrogen-bond acceptors (Lipinski definition) is 5. The minimum Gasteiger partial charge on any atom is -0.497 e. The number of benzene rings is 2. The Labute approximate surface area is 194 Å². The van der Waals surface area contributed by atoms with Crippen molar-refractivity contribution >= 4 is 23.4 Å². The number of anilines is 1. The van der Waals surface area contributed by atoms with Gasteiger partial charge in [0.05, 0.1) is 18.4 Å². The molecule has 2 amide bonds. The van der Waals surface area contributed by atoms with Crippen molar-refractivity contribution in [1.29, 1.82) is 5.41 Å². The number of hydrogen-bond donors (Lipinski definition) is 2. The summed E-state index contributed by atoms with van der Waals surface area (Å²) in [7, 11) is 1.60. The number of alkyl carbamates (subject to hydrolysis) is 1. The molecule has 7 heteroatoms. The monoisotopic (exact) mass is 449 g/mol. The number of carbonyl (C=O) groups is 2. The zero-order valence-electron chi connectivity index (χ0n) is 19.6.